The molecule has 2 atom stereocenters. The number of aromatic nitrogens is 3. The minimum atomic E-state index is -0.388. The summed E-state index contributed by atoms with van der Waals surface area (Å²) in [7, 11) is 0. The summed E-state index contributed by atoms with van der Waals surface area (Å²) < 4.78 is 21.6. The minimum absolute atomic E-state index is 0.0257. The Bertz CT molecular complexity index is 897. The van der Waals surface area contributed by atoms with Crippen LogP contribution in [-0.4, -0.2) is 26.0 Å². The third kappa shape index (κ3) is 4.01. The maximum absolute atomic E-state index is 13.9. The first kappa shape index (κ1) is 17.7. The molecule has 0 radical (unpaired) electrons. The van der Waals surface area contributed by atoms with E-state index >= 15 is 0 Å². The lowest BCUT2D eigenvalue weighted by atomic mass is 9.93. The van der Waals surface area contributed by atoms with Gasteiger partial charge in [0.15, 0.2) is 0 Å². The van der Waals surface area contributed by atoms with Crippen molar-refractivity contribution in [2.45, 2.75) is 44.4 Å². The van der Waals surface area contributed by atoms with Crippen LogP contribution in [0.2, 0.25) is 0 Å². The van der Waals surface area contributed by atoms with Gasteiger partial charge in [0.25, 0.3) is 0 Å². The molecule has 2 heterocycles. The fraction of sp³-hybridized carbons (Fsp3) is 0.333. The molecule has 1 N–H and O–H groups in total. The van der Waals surface area contributed by atoms with Crippen molar-refractivity contribution in [1.82, 2.24) is 14.8 Å². The summed E-state index contributed by atoms with van der Waals surface area (Å²) in [6.45, 7) is 0.372. The molecule has 27 heavy (non-hydrogen) atoms. The molecule has 2 aromatic heterocycles. The average Bonchev–Trinajstić information content (AvgIpc) is 3.18. The number of rotatable bonds is 5. The van der Waals surface area contributed by atoms with Gasteiger partial charge in [0, 0.05) is 29.7 Å². The highest BCUT2D eigenvalue weighted by atomic mass is 19.1. The minimum Gasteiger partial charge on any atom is -0.488 e. The summed E-state index contributed by atoms with van der Waals surface area (Å²) >= 11 is 0. The molecule has 0 unspecified atom stereocenters. The molecular formula is C21H22FN3O2. The van der Waals surface area contributed by atoms with Crippen molar-refractivity contribution in [2.24, 2.45) is 0 Å². The lowest BCUT2D eigenvalue weighted by Crippen LogP contribution is -2.27. The van der Waals surface area contributed by atoms with Crippen molar-refractivity contribution in [3.05, 3.63) is 66.5 Å². The highest BCUT2D eigenvalue weighted by Crippen LogP contribution is 2.34. The fourth-order valence-electron chi connectivity index (χ4n) is 3.55. The molecule has 4 rings (SSSR count). The molecule has 0 saturated heterocycles. The molecule has 0 amide bonds. The van der Waals surface area contributed by atoms with Crippen LogP contribution in [0.5, 0.6) is 5.75 Å². The zero-order valence-electron chi connectivity index (χ0n) is 15.0. The quantitative estimate of drug-likeness (QED) is 0.736. The van der Waals surface area contributed by atoms with Crippen molar-refractivity contribution in [3.8, 4) is 16.9 Å². The number of nitrogens with zero attached hydrogens (tertiary/aromatic N) is 3. The molecular weight excluding hydrogens is 345 g/mol. The topological polar surface area (TPSA) is 60.2 Å². The van der Waals surface area contributed by atoms with Gasteiger partial charge in [0.1, 0.15) is 18.2 Å². The highest BCUT2D eigenvalue weighted by Gasteiger charge is 2.25. The number of aliphatic hydroxyl groups excluding tert-OH is 1. The zero-order valence-corrected chi connectivity index (χ0v) is 15.0. The number of aliphatic hydroxyl groups is 1. The van der Waals surface area contributed by atoms with Gasteiger partial charge in [-0.2, -0.15) is 5.10 Å². The molecule has 1 fully saturated rings. The van der Waals surface area contributed by atoms with E-state index < -0.39 is 0 Å². The van der Waals surface area contributed by atoms with Crippen LogP contribution in [-0.2, 0) is 6.61 Å². The first-order valence-corrected chi connectivity index (χ1v) is 9.24. The Balaban J connectivity index is 1.58. The van der Waals surface area contributed by atoms with E-state index in [9.17, 15) is 9.50 Å². The second-order valence-electron chi connectivity index (χ2n) is 6.91. The Labute approximate surface area is 157 Å². The normalized spacial score (nSPS) is 19.8. The third-order valence-corrected chi connectivity index (χ3v) is 5.03. The first-order chi connectivity index (χ1) is 13.2. The third-order valence-electron chi connectivity index (χ3n) is 5.03. The summed E-state index contributed by atoms with van der Waals surface area (Å²) in [6.07, 6.45) is 10.4. The van der Waals surface area contributed by atoms with Crippen LogP contribution in [0, 0.1) is 5.82 Å². The van der Waals surface area contributed by atoms with Crippen molar-refractivity contribution in [1.29, 1.82) is 0 Å². The maximum atomic E-state index is 13.9. The number of benzene rings is 1. The van der Waals surface area contributed by atoms with Crippen molar-refractivity contribution in [2.75, 3.05) is 0 Å². The molecule has 1 aliphatic rings. The Kier molecular flexibility index (Phi) is 5.16. The fourth-order valence-corrected chi connectivity index (χ4v) is 3.55. The standard InChI is InChI=1S/C21H22FN3O2/c22-17-5-6-21(27-14-15-7-9-23-10-8-15)18(11-17)16-12-24-25(13-16)19-3-1-2-4-20(19)26/h5-13,19-20,26H,1-4,14H2/t19-,20-/m1/s1. The first-order valence-electron chi connectivity index (χ1n) is 9.24. The van der Waals surface area contributed by atoms with Crippen LogP contribution in [0.4, 0.5) is 4.39 Å². The van der Waals surface area contributed by atoms with E-state index in [2.05, 4.69) is 10.1 Å². The van der Waals surface area contributed by atoms with Crippen LogP contribution in [0.3, 0.4) is 0 Å². The van der Waals surface area contributed by atoms with E-state index in [1.807, 2.05) is 18.3 Å². The second-order valence-corrected chi connectivity index (χ2v) is 6.91. The number of hydrogen-bond acceptors (Lipinski definition) is 4. The number of halogens is 1. The highest BCUT2D eigenvalue weighted by molar-refractivity contribution is 5.69. The second kappa shape index (κ2) is 7.88. The van der Waals surface area contributed by atoms with E-state index in [1.165, 1.54) is 12.1 Å². The summed E-state index contributed by atoms with van der Waals surface area (Å²) in [6, 6.07) is 8.22. The Morgan fingerprint density at radius 2 is 1.96 bits per heavy atom. The summed E-state index contributed by atoms with van der Waals surface area (Å²) in [5.41, 5.74) is 2.42. The Morgan fingerprint density at radius 3 is 2.78 bits per heavy atom. The van der Waals surface area contributed by atoms with E-state index in [1.54, 1.807) is 29.3 Å². The molecule has 5 nitrogen and oxygen atoms in total. The lowest BCUT2D eigenvalue weighted by molar-refractivity contribution is 0.0695. The average molecular weight is 367 g/mol. The summed E-state index contributed by atoms with van der Waals surface area (Å²) in [4.78, 5) is 3.99. The maximum Gasteiger partial charge on any atom is 0.127 e. The van der Waals surface area contributed by atoms with Gasteiger partial charge in [-0.1, -0.05) is 12.8 Å². The number of ether oxygens (including phenoxy) is 1. The van der Waals surface area contributed by atoms with E-state index in [0.29, 0.717) is 17.9 Å². The number of hydrogen-bond donors (Lipinski definition) is 1. The smallest absolute Gasteiger partial charge is 0.127 e. The van der Waals surface area contributed by atoms with Crippen LogP contribution < -0.4 is 4.74 Å². The molecule has 6 heteroatoms. The summed E-state index contributed by atoms with van der Waals surface area (Å²) in [5.74, 6) is 0.267. The van der Waals surface area contributed by atoms with Gasteiger partial charge in [-0.05, 0) is 48.7 Å². The van der Waals surface area contributed by atoms with Gasteiger partial charge < -0.3 is 9.84 Å². The molecule has 0 spiro atoms. The molecule has 0 bridgehead atoms. The molecule has 0 aliphatic heterocycles. The predicted octanol–water partition coefficient (Wildman–Crippen LogP) is 4.14. The number of pyridine rings is 1. The molecule has 140 valence electrons. The Hall–Kier alpha value is -2.73. The van der Waals surface area contributed by atoms with Gasteiger partial charge in [0.05, 0.1) is 18.3 Å². The van der Waals surface area contributed by atoms with E-state index in [4.69, 9.17) is 4.74 Å². The molecule has 1 saturated carbocycles. The van der Waals surface area contributed by atoms with Crippen LogP contribution >= 0.6 is 0 Å². The van der Waals surface area contributed by atoms with Crippen molar-refractivity contribution in [3.63, 3.8) is 0 Å². The van der Waals surface area contributed by atoms with E-state index in [0.717, 1.165) is 36.8 Å². The van der Waals surface area contributed by atoms with Crippen molar-refractivity contribution < 1.29 is 14.2 Å². The molecule has 1 aromatic carbocycles. The van der Waals surface area contributed by atoms with Gasteiger partial charge in [-0.3, -0.25) is 9.67 Å². The van der Waals surface area contributed by atoms with E-state index in [-0.39, 0.29) is 18.0 Å². The van der Waals surface area contributed by atoms with Gasteiger partial charge in [0.2, 0.25) is 0 Å². The lowest BCUT2D eigenvalue weighted by Gasteiger charge is -2.27. The van der Waals surface area contributed by atoms with Crippen molar-refractivity contribution >= 4 is 0 Å². The summed E-state index contributed by atoms with van der Waals surface area (Å²) in [5, 5.41) is 14.7. The van der Waals surface area contributed by atoms with Crippen LogP contribution in [0.25, 0.3) is 11.1 Å². The monoisotopic (exact) mass is 367 g/mol. The zero-order chi connectivity index (χ0) is 18.6. The van der Waals surface area contributed by atoms with Gasteiger partial charge in [-0.25, -0.2) is 4.39 Å². The SMILES string of the molecule is O[C@@H]1CCCC[C@H]1n1cc(-c2cc(F)ccc2OCc2ccncc2)cn1. The van der Waals surface area contributed by atoms with Crippen LogP contribution in [0.1, 0.15) is 37.3 Å². The van der Waals surface area contributed by atoms with Crippen LogP contribution in [0.15, 0.2) is 55.1 Å². The Morgan fingerprint density at radius 1 is 1.15 bits per heavy atom. The van der Waals surface area contributed by atoms with Gasteiger partial charge in [-0.15, -0.1) is 0 Å². The molecule has 1 aliphatic carbocycles. The largest absolute Gasteiger partial charge is 0.488 e. The predicted molar refractivity (Wildman–Crippen MR) is 99.7 cm³/mol. The molecule has 3 aromatic rings. The van der Waals surface area contributed by atoms with Gasteiger partial charge >= 0.3 is 0 Å².